The standard InChI is InChI=1S/2C11H24N2.C10H24N2.C9H20N2.2C9H22N2.C9H19N.C8H17NO.C8H19NO/c1-10(2,3)13(6)11(7-8-11)9-12(4)5;1-11(2,3)13(5)9-8-12(4)10-6-7-10;1-9(2)11(5)7-8-12(6)10(3)4;1-8(2)11-6-5-10(4)7-9(11)3;1-9(2)11(5)8-6-7-10(3)4;1-9(2,3)10-7-6-8-11(4)5;1-9(2,3)8-4-6-10-7-5-8;1-8(2,3)9-4-6-10-7-5-9;1-8(2,3)10-7-6-9(4)5/h7-9H2,1-6H3;10H,6-9H2,1-5H3;9-10H,7-8H2,1-6H3;8-9H,5-7H2,1-4H3;9H,6-8H2,1-5H3;10H,6-8H2,1-5H3;8,10H,4-7H2,1-3H3;4-7H2,1-3H3;6-7H2,1-5H3. The van der Waals surface area contributed by atoms with Crippen LogP contribution in [0.3, 0.4) is 0 Å². The van der Waals surface area contributed by atoms with Gasteiger partial charge in [-0.05, 0) is 374 Å². The van der Waals surface area contributed by atoms with Crippen LogP contribution in [0.25, 0.3) is 0 Å². The fourth-order valence-electron chi connectivity index (χ4n) is 11.3. The molecule has 5 rings (SSSR count). The van der Waals surface area contributed by atoms with Gasteiger partial charge < -0.3 is 69.1 Å². The lowest BCUT2D eigenvalue weighted by atomic mass is 9.76. The highest BCUT2D eigenvalue weighted by atomic mass is 16.5. The highest BCUT2D eigenvalue weighted by Gasteiger charge is 2.49. The molecular weight excluding hydrogens is 1250 g/mol. The van der Waals surface area contributed by atoms with E-state index in [0.29, 0.717) is 51.7 Å². The zero-order chi connectivity index (χ0) is 79.7. The van der Waals surface area contributed by atoms with Gasteiger partial charge in [0.05, 0.1) is 25.4 Å². The second kappa shape index (κ2) is 54.0. The number of rotatable bonds is 25. The number of hydrogen-bond acceptors (Lipinski definition) is 17. The molecule has 2 saturated carbocycles. The fraction of sp³-hybridized carbons (Fsp3) is 1.00. The van der Waals surface area contributed by atoms with Crippen LogP contribution in [0.1, 0.15) is 238 Å². The van der Waals surface area contributed by atoms with Gasteiger partial charge in [-0.15, -0.1) is 0 Å². The van der Waals surface area contributed by atoms with Crippen molar-refractivity contribution in [1.82, 2.24) is 74.3 Å². The number of piperazine rings is 1. The second-order valence-corrected chi connectivity index (χ2v) is 39.1. The lowest BCUT2D eigenvalue weighted by molar-refractivity contribution is -0.00871. The van der Waals surface area contributed by atoms with E-state index in [2.05, 4.69) is 353 Å². The predicted molar refractivity (Wildman–Crippen MR) is 454 cm³/mol. The van der Waals surface area contributed by atoms with Crippen LogP contribution in [-0.4, -0.2) is 370 Å². The first-order chi connectivity index (χ1) is 45.8. The van der Waals surface area contributed by atoms with Crippen LogP contribution in [0, 0.1) is 11.3 Å². The van der Waals surface area contributed by atoms with E-state index in [1.807, 2.05) is 14.1 Å². The number of morpholine rings is 1. The Morgan fingerprint density at radius 2 is 0.960 bits per heavy atom. The van der Waals surface area contributed by atoms with E-state index >= 15 is 0 Å². The minimum absolute atomic E-state index is 0.00993. The van der Waals surface area contributed by atoms with E-state index in [0.717, 1.165) is 77.1 Å². The molecule has 0 amide bonds. The van der Waals surface area contributed by atoms with Gasteiger partial charge in [0.25, 0.3) is 0 Å². The molecule has 0 radical (unpaired) electrons. The summed E-state index contributed by atoms with van der Waals surface area (Å²) in [6.07, 6.45) is 10.8. The quantitative estimate of drug-likeness (QED) is 0.0850. The van der Waals surface area contributed by atoms with Gasteiger partial charge in [0.2, 0.25) is 0 Å². The molecule has 0 aromatic heterocycles. The minimum atomic E-state index is 0.00993. The largest absolute Gasteiger partial charge is 0.379 e. The molecule has 5 fully saturated rings. The van der Waals surface area contributed by atoms with Gasteiger partial charge in [0.15, 0.2) is 0 Å². The highest BCUT2D eigenvalue weighted by molar-refractivity contribution is 5.07. The second-order valence-electron chi connectivity index (χ2n) is 39.1. The molecular formula is C84H191N15O2. The van der Waals surface area contributed by atoms with Gasteiger partial charge in [0.1, 0.15) is 0 Å². The molecule has 2 N–H and O–H groups in total. The van der Waals surface area contributed by atoms with Crippen molar-refractivity contribution in [2.45, 2.75) is 308 Å². The summed E-state index contributed by atoms with van der Waals surface area (Å²) in [6, 6.07) is 4.33. The molecule has 0 aromatic rings. The van der Waals surface area contributed by atoms with Crippen molar-refractivity contribution in [3.05, 3.63) is 0 Å². The molecule has 0 spiro atoms. The van der Waals surface area contributed by atoms with Crippen molar-refractivity contribution in [1.29, 1.82) is 0 Å². The molecule has 17 nitrogen and oxygen atoms in total. The Morgan fingerprint density at radius 1 is 0.515 bits per heavy atom. The lowest BCUT2D eigenvalue weighted by Gasteiger charge is -2.40. The zero-order valence-electron chi connectivity index (χ0n) is 77.0. The SMILES string of the molecule is CC(C)(C)C1CCNCC1.CC(C)(C)N1CCOCC1.CC(C)N(C)CCCN(C)C.CC(C)N(C)CCN(C)C(C)C.CC(C)N1CCN(C)CC1C.CN(C)CC1(N(C)C(C)(C)C)CC1.CN(C)CCCNC(C)(C)C.CN(C)CCOC(C)(C)C.CN(CCN(C)C(C)(C)C)C1CC1. The summed E-state index contributed by atoms with van der Waals surface area (Å²) in [5, 5.41) is 6.84. The van der Waals surface area contributed by atoms with Crippen LogP contribution in [0.2, 0.25) is 0 Å². The van der Waals surface area contributed by atoms with E-state index in [4.69, 9.17) is 9.47 Å². The summed E-state index contributed by atoms with van der Waals surface area (Å²) in [5.41, 5.74) is 2.22. The van der Waals surface area contributed by atoms with Gasteiger partial charge in [-0.25, -0.2) is 0 Å². The molecule has 0 aromatic carbocycles. The van der Waals surface area contributed by atoms with Crippen LogP contribution < -0.4 is 10.6 Å². The van der Waals surface area contributed by atoms with Crippen molar-refractivity contribution in [3.8, 4) is 0 Å². The van der Waals surface area contributed by atoms with Crippen molar-refractivity contribution < 1.29 is 9.47 Å². The Hall–Kier alpha value is -0.680. The van der Waals surface area contributed by atoms with Crippen molar-refractivity contribution in [3.63, 3.8) is 0 Å². The van der Waals surface area contributed by atoms with Gasteiger partial charge in [-0.3, -0.25) is 14.7 Å². The Morgan fingerprint density at radius 3 is 1.28 bits per heavy atom. The Bertz CT molecular complexity index is 1830. The van der Waals surface area contributed by atoms with Crippen LogP contribution in [0.4, 0.5) is 0 Å². The first-order valence-electron chi connectivity index (χ1n) is 40.5. The number of hydrogen-bond donors (Lipinski definition) is 2. The van der Waals surface area contributed by atoms with Crippen LogP contribution in [0.15, 0.2) is 0 Å². The molecule has 3 saturated heterocycles. The molecule has 1 unspecified atom stereocenters. The van der Waals surface area contributed by atoms with Gasteiger partial charge in [-0.2, -0.15) is 0 Å². The minimum Gasteiger partial charge on any atom is -0.379 e. The Kier molecular flexibility index (Phi) is 57.0. The molecule has 3 aliphatic heterocycles. The zero-order valence-corrected chi connectivity index (χ0v) is 77.0. The molecule has 3 heterocycles. The van der Waals surface area contributed by atoms with Crippen molar-refractivity contribution in [2.24, 2.45) is 11.3 Å². The topological polar surface area (TPSA) is 84.6 Å². The van der Waals surface area contributed by atoms with E-state index in [1.54, 1.807) is 0 Å². The Balaban J connectivity index is -0.000000525. The third-order valence-corrected chi connectivity index (χ3v) is 20.4. The van der Waals surface area contributed by atoms with E-state index < -0.39 is 0 Å². The van der Waals surface area contributed by atoms with Gasteiger partial charge >= 0.3 is 0 Å². The summed E-state index contributed by atoms with van der Waals surface area (Å²) in [4.78, 5) is 30.9. The molecule has 101 heavy (non-hydrogen) atoms. The summed E-state index contributed by atoms with van der Waals surface area (Å²) in [5.74, 6) is 0.939. The third kappa shape index (κ3) is 62.9. The number of nitrogens with one attached hydrogen (secondary N) is 2. The third-order valence-electron chi connectivity index (χ3n) is 20.4. The van der Waals surface area contributed by atoms with E-state index in [-0.39, 0.29) is 11.1 Å². The molecule has 614 valence electrons. The number of piperidine rings is 1. The van der Waals surface area contributed by atoms with Crippen LogP contribution in [-0.2, 0) is 9.47 Å². The summed E-state index contributed by atoms with van der Waals surface area (Å²) in [6.45, 7) is 83.0. The van der Waals surface area contributed by atoms with Crippen LogP contribution in [0.5, 0.6) is 0 Å². The number of nitrogens with zero attached hydrogens (tertiary/aromatic N) is 13. The van der Waals surface area contributed by atoms with Crippen LogP contribution >= 0.6 is 0 Å². The maximum atomic E-state index is 5.50. The smallest absolute Gasteiger partial charge is 0.0600 e. The number of ether oxygens (including phenoxy) is 2. The average Bonchev–Trinajstić information content (AvgIpc) is 1.62. The summed E-state index contributed by atoms with van der Waals surface area (Å²) in [7, 11) is 32.3. The molecule has 2 aliphatic carbocycles. The van der Waals surface area contributed by atoms with Crippen molar-refractivity contribution >= 4 is 0 Å². The molecule has 1 atom stereocenters. The maximum absolute atomic E-state index is 5.50. The normalized spacial score (nSPS) is 18.4. The van der Waals surface area contributed by atoms with E-state index in [1.165, 1.54) is 123 Å². The molecule has 5 aliphatic rings. The van der Waals surface area contributed by atoms with Gasteiger partial charge in [-0.1, -0.05) is 20.8 Å². The number of likely N-dealkylation sites (N-methyl/N-ethyl adjacent to an activating group) is 8. The summed E-state index contributed by atoms with van der Waals surface area (Å²) < 4.78 is 10.8. The first kappa shape index (κ1) is 107. The summed E-state index contributed by atoms with van der Waals surface area (Å²) >= 11 is 0. The monoisotopic (exact) mass is 1440 g/mol. The van der Waals surface area contributed by atoms with E-state index in [9.17, 15) is 0 Å². The highest BCUT2D eigenvalue weighted by Crippen LogP contribution is 2.44. The van der Waals surface area contributed by atoms with Crippen molar-refractivity contribution in [2.75, 3.05) is 237 Å². The molecule has 17 heteroatoms. The maximum Gasteiger partial charge on any atom is 0.0600 e. The lowest BCUT2D eigenvalue weighted by Crippen LogP contribution is -2.52. The average molecular weight is 1440 g/mol. The first-order valence-corrected chi connectivity index (χ1v) is 40.5. The predicted octanol–water partition coefficient (Wildman–Crippen LogP) is 13.4. The Labute approximate surface area is 636 Å². The molecule has 0 bridgehead atoms. The van der Waals surface area contributed by atoms with Gasteiger partial charge in [0, 0.05) is 136 Å². The fourth-order valence-corrected chi connectivity index (χ4v) is 11.3.